The first kappa shape index (κ1) is 49.0. The quantitative estimate of drug-likeness (QED) is 0.116. The zero-order valence-electron chi connectivity index (χ0n) is 41.6. The third kappa shape index (κ3) is 11.6. The number of pyridine rings is 1. The van der Waals surface area contributed by atoms with Gasteiger partial charge in [0.15, 0.2) is 11.5 Å². The van der Waals surface area contributed by atoms with Crippen LogP contribution >= 0.6 is 0 Å². The summed E-state index contributed by atoms with van der Waals surface area (Å²) in [4.78, 5) is 68.6. The minimum atomic E-state index is -0.604. The van der Waals surface area contributed by atoms with E-state index in [0.29, 0.717) is 104 Å². The van der Waals surface area contributed by atoms with E-state index in [1.165, 1.54) is 17.2 Å². The number of carbonyl (C=O) groups is 3. The summed E-state index contributed by atoms with van der Waals surface area (Å²) in [7, 11) is 0. The number of benzene rings is 4. The van der Waals surface area contributed by atoms with Crippen LogP contribution in [0.4, 0.5) is 15.9 Å². The van der Waals surface area contributed by atoms with Crippen LogP contribution in [0.1, 0.15) is 68.6 Å². The molecule has 0 aliphatic carbocycles. The van der Waals surface area contributed by atoms with Crippen molar-refractivity contribution in [3.63, 3.8) is 0 Å². The fourth-order valence-electron chi connectivity index (χ4n) is 10.4. The summed E-state index contributed by atoms with van der Waals surface area (Å²) < 4.78 is 17.0. The van der Waals surface area contributed by atoms with Gasteiger partial charge in [0.25, 0.3) is 17.4 Å². The van der Waals surface area contributed by atoms with Crippen LogP contribution in [0.25, 0.3) is 21.9 Å². The predicted molar refractivity (Wildman–Crippen MR) is 280 cm³/mol. The summed E-state index contributed by atoms with van der Waals surface area (Å²) in [5.41, 5.74) is 7.60. The number of piperidine rings is 1. The number of aromatic nitrogens is 5. The largest absolute Gasteiger partial charge is 0.338 e. The smallest absolute Gasteiger partial charge is 0.274 e. The maximum Gasteiger partial charge on any atom is 0.274 e. The van der Waals surface area contributed by atoms with Crippen molar-refractivity contribution < 1.29 is 18.8 Å². The molecule has 6 heterocycles. The minimum absolute atomic E-state index is 0.0206. The molecule has 0 unspecified atom stereocenters. The second-order valence-corrected chi connectivity index (χ2v) is 19.7. The number of halogens is 1. The van der Waals surface area contributed by atoms with Crippen molar-refractivity contribution in [2.45, 2.75) is 46.1 Å². The molecule has 0 bridgehead atoms. The Bertz CT molecular complexity index is 3190. The molecule has 73 heavy (non-hydrogen) atoms. The first-order chi connectivity index (χ1) is 35.5. The zero-order valence-corrected chi connectivity index (χ0v) is 41.6. The summed E-state index contributed by atoms with van der Waals surface area (Å²) in [5.74, 6) is 0.0276. The van der Waals surface area contributed by atoms with E-state index < -0.39 is 11.7 Å². The number of H-pyrrole nitrogens is 1. The van der Waals surface area contributed by atoms with Crippen LogP contribution in [-0.2, 0) is 24.2 Å². The lowest BCUT2D eigenvalue weighted by atomic mass is 9.95. The Labute approximate surface area is 424 Å². The second kappa shape index (κ2) is 22.1. The highest BCUT2D eigenvalue weighted by Gasteiger charge is 2.31. The number of aryl methyl sites for hydroxylation is 2. The van der Waals surface area contributed by atoms with Crippen molar-refractivity contribution in [2.75, 3.05) is 83.9 Å². The number of fused-ring (bicyclic) bond motifs is 1. The lowest BCUT2D eigenvalue weighted by molar-refractivity contribution is -0.134. The molecule has 15 nitrogen and oxygen atoms in total. The van der Waals surface area contributed by atoms with Gasteiger partial charge in [-0.2, -0.15) is 10.2 Å². The standard InChI is InChI=1S/C57H62FN11O4/c1-3-40-9-7-11-44(31-40)45-34-51(60-52-18-21-69(63-52)37-43-10-6-8-39(2)30-43)54(59-35-45)57(73)67-19-16-41(17-20-67)36-64-22-24-65(25-23-64)38-53(70)66-26-28-68(29-27-66)56(72)48-32-42(14-15-49(48)58)33-50-46-12-4-5-13-47(46)55(71)62-61-50/h4-15,18,21,30-32,34-35,41H,3,16-17,19-20,22-29,33,36-38H2,1-2H3,(H,60,63)(H,62,71). The van der Waals surface area contributed by atoms with Gasteiger partial charge >= 0.3 is 0 Å². The lowest BCUT2D eigenvalue weighted by Gasteiger charge is -2.40. The van der Waals surface area contributed by atoms with E-state index in [9.17, 15) is 19.2 Å². The van der Waals surface area contributed by atoms with Crippen molar-refractivity contribution in [2.24, 2.45) is 5.92 Å². The molecule has 0 saturated carbocycles. The average Bonchev–Trinajstić information content (AvgIpc) is 3.86. The number of anilines is 2. The summed E-state index contributed by atoms with van der Waals surface area (Å²) in [6.45, 7) is 12.1. The van der Waals surface area contributed by atoms with E-state index >= 15 is 4.39 Å². The molecular weight excluding hydrogens is 922 g/mol. The van der Waals surface area contributed by atoms with Gasteiger partial charge in [0, 0.05) is 108 Å². The van der Waals surface area contributed by atoms with Gasteiger partial charge in [-0.3, -0.25) is 28.8 Å². The lowest BCUT2D eigenvalue weighted by Crippen LogP contribution is -2.55. The fraction of sp³-hybridized carbons (Fsp3) is 0.351. The topological polar surface area (TPSA) is 156 Å². The van der Waals surface area contributed by atoms with Crippen LogP contribution in [0.2, 0.25) is 0 Å². The van der Waals surface area contributed by atoms with Crippen molar-refractivity contribution in [1.29, 1.82) is 0 Å². The summed E-state index contributed by atoms with van der Waals surface area (Å²) >= 11 is 0. The summed E-state index contributed by atoms with van der Waals surface area (Å²) in [6.07, 6.45) is 6.78. The Morgan fingerprint density at radius 2 is 1.44 bits per heavy atom. The number of nitrogens with one attached hydrogen (secondary N) is 2. The number of rotatable bonds is 14. The van der Waals surface area contributed by atoms with E-state index in [-0.39, 0.29) is 22.9 Å². The Morgan fingerprint density at radius 1 is 0.712 bits per heavy atom. The molecule has 3 aliphatic rings. The van der Waals surface area contributed by atoms with Crippen LogP contribution in [0.15, 0.2) is 120 Å². The van der Waals surface area contributed by atoms with Crippen LogP contribution in [0.3, 0.4) is 0 Å². The minimum Gasteiger partial charge on any atom is -0.338 e. The third-order valence-electron chi connectivity index (χ3n) is 14.7. The first-order valence-electron chi connectivity index (χ1n) is 25.5. The number of piperazine rings is 2. The van der Waals surface area contributed by atoms with Gasteiger partial charge in [-0.15, -0.1) is 0 Å². The molecule has 2 N–H and O–H groups in total. The highest BCUT2D eigenvalue weighted by atomic mass is 19.1. The summed E-state index contributed by atoms with van der Waals surface area (Å²) in [6, 6.07) is 32.4. The second-order valence-electron chi connectivity index (χ2n) is 19.7. The molecule has 7 aromatic rings. The van der Waals surface area contributed by atoms with Crippen molar-refractivity contribution in [3.05, 3.63) is 171 Å². The van der Waals surface area contributed by atoms with Crippen LogP contribution in [-0.4, -0.2) is 146 Å². The fourth-order valence-corrected chi connectivity index (χ4v) is 10.4. The molecular formula is C57H62FN11O4. The van der Waals surface area contributed by atoms with Crippen molar-refractivity contribution >= 4 is 40.0 Å². The zero-order chi connectivity index (χ0) is 50.4. The highest BCUT2D eigenvalue weighted by Crippen LogP contribution is 2.30. The monoisotopic (exact) mass is 983 g/mol. The molecule has 3 aliphatic heterocycles. The van der Waals surface area contributed by atoms with Crippen LogP contribution in [0, 0.1) is 18.7 Å². The Morgan fingerprint density at radius 3 is 2.22 bits per heavy atom. The number of likely N-dealkylation sites (tertiary alicyclic amines) is 1. The van der Waals surface area contributed by atoms with Crippen molar-refractivity contribution in [3.8, 4) is 11.1 Å². The van der Waals surface area contributed by atoms with Gasteiger partial charge in [0.2, 0.25) is 5.91 Å². The molecule has 3 saturated heterocycles. The highest BCUT2D eigenvalue weighted by molar-refractivity contribution is 5.99. The molecule has 376 valence electrons. The average molecular weight is 984 g/mol. The van der Waals surface area contributed by atoms with Gasteiger partial charge < -0.3 is 24.9 Å². The molecule has 0 radical (unpaired) electrons. The number of amides is 3. The molecule has 3 amide bonds. The summed E-state index contributed by atoms with van der Waals surface area (Å²) in [5, 5.41) is 16.3. The van der Waals surface area contributed by atoms with Gasteiger partial charge in [0.1, 0.15) is 5.82 Å². The van der Waals surface area contributed by atoms with Gasteiger partial charge in [0.05, 0.1) is 35.4 Å². The van der Waals surface area contributed by atoms with E-state index in [0.717, 1.165) is 68.7 Å². The molecule has 3 fully saturated rings. The molecule has 0 atom stereocenters. The van der Waals surface area contributed by atoms with Crippen LogP contribution in [0.5, 0.6) is 0 Å². The number of aromatic amines is 1. The molecule has 4 aromatic carbocycles. The molecule has 3 aromatic heterocycles. The number of carbonyl (C=O) groups excluding carboxylic acids is 3. The maximum absolute atomic E-state index is 15.1. The van der Waals surface area contributed by atoms with Gasteiger partial charge in [-0.25, -0.2) is 14.5 Å². The maximum atomic E-state index is 15.1. The normalized spacial score (nSPS) is 16.0. The van der Waals surface area contributed by atoms with E-state index in [1.54, 1.807) is 40.3 Å². The SMILES string of the molecule is CCc1cccc(-c2cnc(C(=O)N3CCC(CN4CCN(CC(=O)N5CCN(C(=O)c6cc(Cc7n[nH]c(=O)c8ccccc78)ccc6F)CC5)CC4)CC3)c(Nc3ccn(Cc4cccc(C)c4)n3)c2)c1. The first-order valence-corrected chi connectivity index (χ1v) is 25.5. The Balaban J connectivity index is 0.687. The van der Waals surface area contributed by atoms with E-state index in [2.05, 4.69) is 87.7 Å². The van der Waals surface area contributed by atoms with Gasteiger partial charge in [-0.1, -0.05) is 85.3 Å². The van der Waals surface area contributed by atoms with E-state index in [1.807, 2.05) is 40.0 Å². The van der Waals surface area contributed by atoms with Crippen molar-refractivity contribution in [1.82, 2.24) is 49.5 Å². The number of hydrogen-bond acceptors (Lipinski definition) is 10. The molecule has 16 heteroatoms. The van der Waals surface area contributed by atoms with Crippen LogP contribution < -0.4 is 10.9 Å². The molecule has 10 rings (SSSR count). The predicted octanol–water partition coefficient (Wildman–Crippen LogP) is 7.03. The number of nitrogens with zero attached hydrogens (tertiary/aromatic N) is 9. The van der Waals surface area contributed by atoms with E-state index in [4.69, 9.17) is 10.1 Å². The Hall–Kier alpha value is -7.56. The van der Waals surface area contributed by atoms with Gasteiger partial charge in [-0.05, 0) is 78.6 Å². The molecule has 0 spiro atoms. The Kier molecular flexibility index (Phi) is 14.8. The number of hydrogen-bond donors (Lipinski definition) is 2. The third-order valence-corrected chi connectivity index (χ3v) is 14.7.